The molecule has 2 heterocycles. The Morgan fingerprint density at radius 3 is 2.56 bits per heavy atom. The minimum absolute atomic E-state index is 0.151. The number of ether oxygens (including phenoxy) is 1. The maximum absolute atomic E-state index is 13.0. The highest BCUT2D eigenvalue weighted by atomic mass is 35.5. The molecule has 2 aromatic carbocycles. The number of hydrogen-bond acceptors (Lipinski definition) is 3. The van der Waals surface area contributed by atoms with Crippen LogP contribution in [0.3, 0.4) is 0 Å². The van der Waals surface area contributed by atoms with Gasteiger partial charge in [-0.2, -0.15) is 0 Å². The molecule has 1 N–H and O–H groups in total. The zero-order valence-corrected chi connectivity index (χ0v) is 18.9. The van der Waals surface area contributed by atoms with E-state index >= 15 is 0 Å². The fourth-order valence-corrected chi connectivity index (χ4v) is 4.45. The van der Waals surface area contributed by atoms with Crippen molar-refractivity contribution in [1.82, 2.24) is 9.88 Å². The number of benzene rings is 2. The molecule has 4 rings (SSSR count). The molecule has 1 saturated heterocycles. The lowest BCUT2D eigenvalue weighted by atomic mass is 9.74. The van der Waals surface area contributed by atoms with Crippen molar-refractivity contribution in [2.24, 2.45) is 0 Å². The summed E-state index contributed by atoms with van der Waals surface area (Å²) >= 11 is 6.07. The first-order valence-electron chi connectivity index (χ1n) is 10.8. The van der Waals surface area contributed by atoms with Crippen LogP contribution in [-0.2, 0) is 16.7 Å². The Labute approximate surface area is 193 Å². The van der Waals surface area contributed by atoms with Crippen LogP contribution in [0.4, 0.5) is 0 Å². The van der Waals surface area contributed by atoms with Gasteiger partial charge < -0.3 is 14.6 Å². The van der Waals surface area contributed by atoms with E-state index in [1.807, 2.05) is 55.5 Å². The Hall–Kier alpha value is -2.89. The number of nitrogens with zero attached hydrogens (tertiary/aromatic N) is 1. The first-order valence-corrected chi connectivity index (χ1v) is 11.2. The minimum atomic E-state index is -0.353. The molecule has 0 radical (unpaired) electrons. The lowest BCUT2D eigenvalue weighted by Gasteiger charge is -2.38. The van der Waals surface area contributed by atoms with E-state index < -0.39 is 0 Å². The van der Waals surface area contributed by atoms with E-state index in [-0.39, 0.29) is 22.4 Å². The summed E-state index contributed by atoms with van der Waals surface area (Å²) in [6, 6.07) is 19.1. The fraction of sp³-hybridized carbons (Fsp3) is 0.308. The van der Waals surface area contributed by atoms with Crippen LogP contribution >= 0.6 is 11.6 Å². The number of carbonyl (C=O) groups excluding carboxylic acids is 1. The number of nitrogens with one attached hydrogen (secondary N) is 1. The number of hydrogen-bond donors (Lipinski definition) is 1. The van der Waals surface area contributed by atoms with Crippen LogP contribution in [-0.4, -0.2) is 30.2 Å². The number of amides is 1. The molecule has 1 aromatic heterocycles. The molecule has 5 nitrogen and oxygen atoms in total. The SMILES string of the molecule is Cc1cccc(Cn2cccc(C(=O)NCC3(c4ccc(Cl)cc4)CCOCC3)c2=O)c1. The molecule has 32 heavy (non-hydrogen) atoms. The summed E-state index contributed by atoms with van der Waals surface area (Å²) in [5, 5.41) is 3.70. The first kappa shape index (κ1) is 22.3. The highest BCUT2D eigenvalue weighted by Gasteiger charge is 2.35. The van der Waals surface area contributed by atoms with Gasteiger partial charge in [-0.15, -0.1) is 0 Å². The van der Waals surface area contributed by atoms with Crippen molar-refractivity contribution >= 4 is 17.5 Å². The number of rotatable bonds is 6. The molecule has 0 saturated carbocycles. The zero-order valence-electron chi connectivity index (χ0n) is 18.1. The largest absolute Gasteiger partial charge is 0.381 e. The van der Waals surface area contributed by atoms with Gasteiger partial charge in [0.2, 0.25) is 0 Å². The van der Waals surface area contributed by atoms with E-state index in [9.17, 15) is 9.59 Å². The third-order valence-corrected chi connectivity index (χ3v) is 6.45. The van der Waals surface area contributed by atoms with Gasteiger partial charge in [0.15, 0.2) is 0 Å². The van der Waals surface area contributed by atoms with Crippen LogP contribution < -0.4 is 10.9 Å². The van der Waals surface area contributed by atoms with Crippen LogP contribution in [0.5, 0.6) is 0 Å². The fourth-order valence-electron chi connectivity index (χ4n) is 4.32. The standard InChI is InChI=1S/C26H27ClN2O3/c1-19-4-2-5-20(16-19)17-29-13-3-6-23(25(29)31)24(30)28-18-26(11-14-32-15-12-26)21-7-9-22(27)10-8-21/h2-10,13,16H,11-12,14-15,17-18H2,1H3,(H,28,30). The van der Waals surface area contributed by atoms with Gasteiger partial charge >= 0.3 is 0 Å². The predicted molar refractivity (Wildman–Crippen MR) is 126 cm³/mol. The van der Waals surface area contributed by atoms with E-state index in [1.165, 1.54) is 0 Å². The molecule has 0 atom stereocenters. The van der Waals surface area contributed by atoms with Crippen LogP contribution in [0.25, 0.3) is 0 Å². The van der Waals surface area contributed by atoms with Gasteiger partial charge in [-0.05, 0) is 55.2 Å². The number of aromatic nitrogens is 1. The summed E-state index contributed by atoms with van der Waals surface area (Å²) in [5.41, 5.74) is 2.89. The van der Waals surface area contributed by atoms with Gasteiger partial charge in [0.05, 0.1) is 6.54 Å². The topological polar surface area (TPSA) is 60.3 Å². The van der Waals surface area contributed by atoms with Crippen LogP contribution in [0.2, 0.25) is 5.02 Å². The van der Waals surface area contributed by atoms with Crippen molar-refractivity contribution in [3.05, 3.63) is 104 Å². The summed E-state index contributed by atoms with van der Waals surface area (Å²) in [5.74, 6) is -0.353. The van der Waals surface area contributed by atoms with E-state index in [4.69, 9.17) is 16.3 Å². The summed E-state index contributed by atoms with van der Waals surface area (Å²) in [6.45, 7) is 4.14. The van der Waals surface area contributed by atoms with Crippen molar-refractivity contribution in [1.29, 1.82) is 0 Å². The molecule has 1 fully saturated rings. The Balaban J connectivity index is 1.53. The number of carbonyl (C=O) groups is 1. The number of aryl methyl sites for hydroxylation is 1. The molecule has 0 bridgehead atoms. The molecule has 0 aliphatic carbocycles. The number of halogens is 1. The average molecular weight is 451 g/mol. The van der Waals surface area contributed by atoms with E-state index in [0.29, 0.717) is 31.3 Å². The van der Waals surface area contributed by atoms with Crippen LogP contribution in [0.15, 0.2) is 71.7 Å². The average Bonchev–Trinajstić information content (AvgIpc) is 2.80. The molecule has 6 heteroatoms. The van der Waals surface area contributed by atoms with Crippen LogP contribution in [0, 0.1) is 6.92 Å². The summed E-state index contributed by atoms with van der Waals surface area (Å²) in [7, 11) is 0. The summed E-state index contributed by atoms with van der Waals surface area (Å²) in [4.78, 5) is 26.0. The van der Waals surface area contributed by atoms with Gasteiger partial charge in [-0.25, -0.2) is 0 Å². The number of pyridine rings is 1. The Morgan fingerprint density at radius 1 is 1.09 bits per heavy atom. The molecule has 3 aromatic rings. The molecule has 0 unspecified atom stereocenters. The van der Waals surface area contributed by atoms with Crippen molar-refractivity contribution in [3.8, 4) is 0 Å². The third kappa shape index (κ3) is 4.95. The van der Waals surface area contributed by atoms with E-state index in [0.717, 1.165) is 29.5 Å². The molecule has 1 aliphatic heterocycles. The molecule has 166 valence electrons. The van der Waals surface area contributed by atoms with Gasteiger partial charge in [-0.1, -0.05) is 53.6 Å². The molecular weight excluding hydrogens is 424 g/mol. The highest BCUT2D eigenvalue weighted by molar-refractivity contribution is 6.30. The smallest absolute Gasteiger partial charge is 0.263 e. The Morgan fingerprint density at radius 2 is 1.84 bits per heavy atom. The van der Waals surface area contributed by atoms with E-state index in [1.54, 1.807) is 22.9 Å². The molecule has 0 spiro atoms. The second-order valence-corrected chi connectivity index (χ2v) is 8.86. The molecule has 1 amide bonds. The summed E-state index contributed by atoms with van der Waals surface area (Å²) < 4.78 is 7.15. The summed E-state index contributed by atoms with van der Waals surface area (Å²) in [6.07, 6.45) is 3.30. The van der Waals surface area contributed by atoms with Gasteiger partial charge in [-0.3, -0.25) is 9.59 Å². The highest BCUT2D eigenvalue weighted by Crippen LogP contribution is 2.35. The second kappa shape index (κ2) is 9.72. The second-order valence-electron chi connectivity index (χ2n) is 8.43. The Kier molecular flexibility index (Phi) is 6.77. The maximum Gasteiger partial charge on any atom is 0.263 e. The predicted octanol–water partition coefficient (Wildman–Crippen LogP) is 4.34. The van der Waals surface area contributed by atoms with Crippen molar-refractivity contribution in [2.75, 3.05) is 19.8 Å². The van der Waals surface area contributed by atoms with Crippen LogP contribution in [0.1, 0.15) is 39.9 Å². The zero-order chi connectivity index (χ0) is 22.6. The lowest BCUT2D eigenvalue weighted by Crippen LogP contribution is -2.45. The first-order chi connectivity index (χ1) is 15.5. The minimum Gasteiger partial charge on any atom is -0.381 e. The van der Waals surface area contributed by atoms with E-state index in [2.05, 4.69) is 5.32 Å². The van der Waals surface area contributed by atoms with Crippen molar-refractivity contribution in [3.63, 3.8) is 0 Å². The monoisotopic (exact) mass is 450 g/mol. The normalized spacial score (nSPS) is 15.3. The van der Waals surface area contributed by atoms with Crippen molar-refractivity contribution in [2.45, 2.75) is 31.7 Å². The maximum atomic E-state index is 13.0. The Bertz CT molecular complexity index is 1150. The third-order valence-electron chi connectivity index (χ3n) is 6.19. The quantitative estimate of drug-likeness (QED) is 0.607. The van der Waals surface area contributed by atoms with Gasteiger partial charge in [0.1, 0.15) is 5.56 Å². The van der Waals surface area contributed by atoms with Gasteiger partial charge in [0.25, 0.3) is 11.5 Å². The molecule has 1 aliphatic rings. The van der Waals surface area contributed by atoms with Crippen molar-refractivity contribution < 1.29 is 9.53 Å². The lowest BCUT2D eigenvalue weighted by molar-refractivity contribution is 0.0487. The molecular formula is C26H27ClN2O3. The van der Waals surface area contributed by atoms with Gasteiger partial charge in [0, 0.05) is 36.4 Å².